The molecule has 0 atom stereocenters. The zero-order chi connectivity index (χ0) is 8.95. The molecule has 0 amide bonds. The summed E-state index contributed by atoms with van der Waals surface area (Å²) in [5.74, 6) is 0. The highest BCUT2D eigenvalue weighted by Crippen LogP contribution is 1.53. The fourth-order valence-corrected chi connectivity index (χ4v) is 0.352. The first-order chi connectivity index (χ1) is 5.33. The topological polar surface area (TPSA) is 50.1 Å². The average Bonchev–Trinajstić information content (AvgIpc) is 2.04. The standard InChI is InChI=1S/C4H10N2.C4H9N/c1-2-6-4-3-5;1-3-4-5-2/h2,6H,1,3-5H2;3-5H,1-2H3/b;4-3-. The molecule has 0 bridgehead atoms. The Kier molecular flexibility index (Phi) is 18.5. The summed E-state index contributed by atoms with van der Waals surface area (Å²) in [4.78, 5) is 0. The van der Waals surface area contributed by atoms with Gasteiger partial charge in [0.25, 0.3) is 0 Å². The maximum absolute atomic E-state index is 5.10. The van der Waals surface area contributed by atoms with E-state index in [1.807, 2.05) is 26.2 Å². The first kappa shape index (κ1) is 12.7. The zero-order valence-electron chi connectivity index (χ0n) is 7.43. The quantitative estimate of drug-likeness (QED) is 0.518. The second-order valence-corrected chi connectivity index (χ2v) is 1.74. The van der Waals surface area contributed by atoms with Crippen LogP contribution in [0.5, 0.6) is 0 Å². The highest BCUT2D eigenvalue weighted by atomic mass is 14.8. The van der Waals surface area contributed by atoms with E-state index in [0.717, 1.165) is 6.54 Å². The van der Waals surface area contributed by atoms with Crippen molar-refractivity contribution in [2.24, 2.45) is 5.73 Å². The molecule has 0 radical (unpaired) electrons. The van der Waals surface area contributed by atoms with Crippen molar-refractivity contribution in [3.8, 4) is 0 Å². The Labute approximate surface area is 69.4 Å². The Balaban J connectivity index is 0. The summed E-state index contributed by atoms with van der Waals surface area (Å²) < 4.78 is 0. The van der Waals surface area contributed by atoms with E-state index in [1.54, 1.807) is 6.20 Å². The summed E-state index contributed by atoms with van der Waals surface area (Å²) in [6.45, 7) is 6.90. The second kappa shape index (κ2) is 16.0. The Morgan fingerprint density at radius 1 is 1.55 bits per heavy atom. The third kappa shape index (κ3) is 27.5. The Hall–Kier alpha value is -0.960. The lowest BCUT2D eigenvalue weighted by Crippen LogP contribution is -2.16. The molecule has 0 aromatic heterocycles. The van der Waals surface area contributed by atoms with Gasteiger partial charge < -0.3 is 16.4 Å². The molecular weight excluding hydrogens is 138 g/mol. The third-order valence-electron chi connectivity index (χ3n) is 0.766. The smallest absolute Gasteiger partial charge is 0.0264 e. The molecule has 0 heterocycles. The maximum atomic E-state index is 5.10. The Morgan fingerprint density at radius 2 is 2.18 bits per heavy atom. The summed E-state index contributed by atoms with van der Waals surface area (Å²) in [6.07, 6.45) is 5.45. The van der Waals surface area contributed by atoms with Crippen molar-refractivity contribution in [2.45, 2.75) is 6.92 Å². The van der Waals surface area contributed by atoms with Crippen molar-refractivity contribution >= 4 is 0 Å². The normalized spacial score (nSPS) is 8.27. The molecule has 0 spiro atoms. The average molecular weight is 157 g/mol. The summed E-state index contributed by atoms with van der Waals surface area (Å²) >= 11 is 0. The number of nitrogens with two attached hydrogens (primary N) is 1. The van der Waals surface area contributed by atoms with Crippen molar-refractivity contribution in [3.63, 3.8) is 0 Å². The Morgan fingerprint density at radius 3 is 2.27 bits per heavy atom. The molecule has 4 N–H and O–H groups in total. The summed E-state index contributed by atoms with van der Waals surface area (Å²) in [5.41, 5.74) is 5.10. The molecule has 0 aliphatic rings. The zero-order valence-corrected chi connectivity index (χ0v) is 7.43. The molecular formula is C8H19N3. The van der Waals surface area contributed by atoms with E-state index in [9.17, 15) is 0 Å². The SMILES string of the molecule is C/C=C\NC.C=CNCCN. The van der Waals surface area contributed by atoms with Gasteiger partial charge in [-0.1, -0.05) is 12.7 Å². The van der Waals surface area contributed by atoms with Gasteiger partial charge in [0, 0.05) is 20.1 Å². The van der Waals surface area contributed by atoms with Crippen LogP contribution in [0.4, 0.5) is 0 Å². The van der Waals surface area contributed by atoms with Crippen LogP contribution >= 0.6 is 0 Å². The minimum Gasteiger partial charge on any atom is -0.394 e. The van der Waals surface area contributed by atoms with Crippen molar-refractivity contribution in [1.82, 2.24) is 10.6 Å². The molecule has 0 rings (SSSR count). The molecule has 0 saturated carbocycles. The molecule has 0 fully saturated rings. The van der Waals surface area contributed by atoms with Gasteiger partial charge in [0.1, 0.15) is 0 Å². The molecule has 0 aromatic carbocycles. The van der Waals surface area contributed by atoms with E-state index >= 15 is 0 Å². The molecule has 3 nitrogen and oxygen atoms in total. The maximum Gasteiger partial charge on any atom is 0.0264 e. The fraction of sp³-hybridized carbons (Fsp3) is 0.500. The summed E-state index contributed by atoms with van der Waals surface area (Å²) in [6, 6.07) is 0. The van der Waals surface area contributed by atoms with Crippen molar-refractivity contribution < 1.29 is 0 Å². The van der Waals surface area contributed by atoms with Crippen LogP contribution in [0.25, 0.3) is 0 Å². The van der Waals surface area contributed by atoms with Gasteiger partial charge in [0.05, 0.1) is 0 Å². The second-order valence-electron chi connectivity index (χ2n) is 1.74. The van der Waals surface area contributed by atoms with Gasteiger partial charge in [0.2, 0.25) is 0 Å². The lowest BCUT2D eigenvalue weighted by Gasteiger charge is -1.89. The molecule has 0 saturated heterocycles. The van der Waals surface area contributed by atoms with Gasteiger partial charge in [-0.25, -0.2) is 0 Å². The first-order valence-corrected chi connectivity index (χ1v) is 3.66. The van der Waals surface area contributed by atoms with Crippen molar-refractivity contribution in [1.29, 1.82) is 0 Å². The summed E-state index contributed by atoms with van der Waals surface area (Å²) in [7, 11) is 1.88. The van der Waals surface area contributed by atoms with Gasteiger partial charge in [-0.2, -0.15) is 0 Å². The van der Waals surface area contributed by atoms with E-state index < -0.39 is 0 Å². The van der Waals surface area contributed by atoms with Crippen LogP contribution in [0.15, 0.2) is 25.1 Å². The van der Waals surface area contributed by atoms with E-state index in [0.29, 0.717) is 6.54 Å². The summed E-state index contributed by atoms with van der Waals surface area (Å²) in [5, 5.41) is 5.67. The molecule has 0 aromatic rings. The molecule has 0 aliphatic heterocycles. The predicted molar refractivity (Wildman–Crippen MR) is 51.1 cm³/mol. The van der Waals surface area contributed by atoms with Gasteiger partial charge >= 0.3 is 0 Å². The van der Waals surface area contributed by atoms with Gasteiger partial charge in [-0.15, -0.1) is 0 Å². The van der Waals surface area contributed by atoms with Crippen LogP contribution in [-0.2, 0) is 0 Å². The van der Waals surface area contributed by atoms with Crippen LogP contribution < -0.4 is 16.4 Å². The minimum atomic E-state index is 0.673. The van der Waals surface area contributed by atoms with Crippen LogP contribution in [0.1, 0.15) is 6.92 Å². The minimum absolute atomic E-state index is 0.673. The largest absolute Gasteiger partial charge is 0.394 e. The monoisotopic (exact) mass is 157 g/mol. The number of allylic oxidation sites excluding steroid dienone is 1. The van der Waals surface area contributed by atoms with Gasteiger partial charge in [-0.3, -0.25) is 0 Å². The van der Waals surface area contributed by atoms with E-state index in [2.05, 4.69) is 17.2 Å². The molecule has 0 aliphatic carbocycles. The van der Waals surface area contributed by atoms with Gasteiger partial charge in [0.15, 0.2) is 0 Å². The van der Waals surface area contributed by atoms with Crippen molar-refractivity contribution in [3.05, 3.63) is 25.1 Å². The van der Waals surface area contributed by atoms with Crippen LogP contribution in [0.2, 0.25) is 0 Å². The highest BCUT2D eigenvalue weighted by molar-refractivity contribution is 4.70. The highest BCUT2D eigenvalue weighted by Gasteiger charge is 1.66. The lowest BCUT2D eigenvalue weighted by atomic mass is 10.6. The number of hydrogen-bond donors (Lipinski definition) is 3. The predicted octanol–water partition coefficient (Wildman–Crippen LogP) is 0.418. The van der Waals surface area contributed by atoms with Crippen LogP contribution in [0, 0.1) is 0 Å². The molecule has 11 heavy (non-hydrogen) atoms. The Bertz CT molecular complexity index is 89.3. The van der Waals surface area contributed by atoms with E-state index in [-0.39, 0.29) is 0 Å². The van der Waals surface area contributed by atoms with Crippen molar-refractivity contribution in [2.75, 3.05) is 20.1 Å². The molecule has 3 heteroatoms. The molecule has 0 unspecified atom stereocenters. The number of rotatable bonds is 4. The van der Waals surface area contributed by atoms with E-state index in [4.69, 9.17) is 5.73 Å². The first-order valence-electron chi connectivity index (χ1n) is 3.66. The lowest BCUT2D eigenvalue weighted by molar-refractivity contribution is 0.844. The third-order valence-corrected chi connectivity index (χ3v) is 0.766. The fourth-order valence-electron chi connectivity index (χ4n) is 0.352. The van der Waals surface area contributed by atoms with Crippen LogP contribution in [0.3, 0.4) is 0 Å². The van der Waals surface area contributed by atoms with Crippen LogP contribution in [-0.4, -0.2) is 20.1 Å². The number of nitrogens with one attached hydrogen (secondary N) is 2. The van der Waals surface area contributed by atoms with Gasteiger partial charge in [-0.05, 0) is 19.3 Å². The number of hydrogen-bond acceptors (Lipinski definition) is 3. The van der Waals surface area contributed by atoms with E-state index in [1.165, 1.54) is 0 Å². The molecule has 66 valence electrons.